The van der Waals surface area contributed by atoms with E-state index in [0.29, 0.717) is 11.2 Å². The van der Waals surface area contributed by atoms with Crippen LogP contribution >= 0.6 is 11.3 Å². The van der Waals surface area contributed by atoms with Crippen molar-refractivity contribution in [3.63, 3.8) is 0 Å². The van der Waals surface area contributed by atoms with E-state index in [-0.39, 0.29) is 0 Å². The zero-order valence-corrected chi connectivity index (χ0v) is 8.41. The topological polar surface area (TPSA) is 49.7 Å². The van der Waals surface area contributed by atoms with Crippen molar-refractivity contribution in [2.75, 3.05) is 7.11 Å². The average Bonchev–Trinajstić information content (AvgIpc) is 2.63. The zero-order valence-electron chi connectivity index (χ0n) is 7.60. The quantitative estimate of drug-likeness (QED) is 0.710. The maximum atomic E-state index is 9.11. The number of hydrogen-bond donors (Lipinski definition) is 2. The molecule has 0 spiro atoms. The fraction of sp³-hybridized carbons (Fsp3) is 0.111. The normalized spacial score (nSPS) is 10.5. The van der Waals surface area contributed by atoms with Gasteiger partial charge >= 0.3 is 7.12 Å². The molecule has 0 atom stereocenters. The Hall–Kier alpha value is -1.04. The summed E-state index contributed by atoms with van der Waals surface area (Å²) in [6, 6.07) is 5.43. The van der Waals surface area contributed by atoms with Crippen LogP contribution in [-0.2, 0) is 0 Å². The summed E-state index contributed by atoms with van der Waals surface area (Å²) in [6.45, 7) is 0. The van der Waals surface area contributed by atoms with Gasteiger partial charge in [-0.3, -0.25) is 0 Å². The average molecular weight is 208 g/mol. The third-order valence-electron chi connectivity index (χ3n) is 2.10. The Morgan fingerprint density at radius 1 is 1.29 bits per heavy atom. The second-order valence-electron chi connectivity index (χ2n) is 2.89. The molecule has 0 aliphatic carbocycles. The minimum absolute atomic E-state index is 0.401. The molecule has 0 amide bonds. The molecule has 2 N–H and O–H groups in total. The number of ether oxygens (including phenoxy) is 1. The Morgan fingerprint density at radius 3 is 2.71 bits per heavy atom. The first-order valence-electron chi connectivity index (χ1n) is 4.14. The van der Waals surface area contributed by atoms with Gasteiger partial charge < -0.3 is 14.8 Å². The molecule has 2 aromatic rings. The SMILES string of the molecule is COc1c(B(O)O)ccc2sccc12. The van der Waals surface area contributed by atoms with E-state index in [4.69, 9.17) is 14.8 Å². The number of thiophene rings is 1. The lowest BCUT2D eigenvalue weighted by Gasteiger charge is -2.08. The molecule has 0 aliphatic heterocycles. The van der Waals surface area contributed by atoms with E-state index < -0.39 is 7.12 Å². The predicted molar refractivity (Wildman–Crippen MR) is 58.2 cm³/mol. The smallest absolute Gasteiger partial charge is 0.492 e. The third-order valence-corrected chi connectivity index (χ3v) is 2.98. The van der Waals surface area contributed by atoms with Crippen molar-refractivity contribution in [3.8, 4) is 5.75 Å². The van der Waals surface area contributed by atoms with Crippen LogP contribution in [0, 0.1) is 0 Å². The van der Waals surface area contributed by atoms with Gasteiger partial charge in [-0.2, -0.15) is 0 Å². The summed E-state index contributed by atoms with van der Waals surface area (Å²) in [5, 5.41) is 21.1. The Labute approximate surface area is 85.7 Å². The van der Waals surface area contributed by atoms with E-state index in [0.717, 1.165) is 10.1 Å². The van der Waals surface area contributed by atoms with Gasteiger partial charge in [-0.05, 0) is 17.5 Å². The molecule has 3 nitrogen and oxygen atoms in total. The van der Waals surface area contributed by atoms with Crippen LogP contribution in [0.1, 0.15) is 0 Å². The molecule has 0 bridgehead atoms. The molecular weight excluding hydrogens is 199 g/mol. The molecule has 5 heteroatoms. The van der Waals surface area contributed by atoms with Crippen LogP contribution in [0.5, 0.6) is 5.75 Å². The van der Waals surface area contributed by atoms with Crippen LogP contribution in [0.25, 0.3) is 10.1 Å². The highest BCUT2D eigenvalue weighted by Gasteiger charge is 2.18. The minimum Gasteiger partial charge on any atom is -0.496 e. The number of hydrogen-bond acceptors (Lipinski definition) is 4. The maximum Gasteiger partial charge on any atom is 0.492 e. The molecule has 14 heavy (non-hydrogen) atoms. The Morgan fingerprint density at radius 2 is 2.07 bits per heavy atom. The second kappa shape index (κ2) is 3.61. The summed E-state index contributed by atoms with van der Waals surface area (Å²) in [5.41, 5.74) is 0.401. The van der Waals surface area contributed by atoms with Gasteiger partial charge in [-0.15, -0.1) is 11.3 Å². The van der Waals surface area contributed by atoms with E-state index in [1.807, 2.05) is 17.5 Å². The molecule has 0 unspecified atom stereocenters. The molecule has 72 valence electrons. The van der Waals surface area contributed by atoms with E-state index >= 15 is 0 Å². The molecule has 1 aromatic heterocycles. The van der Waals surface area contributed by atoms with E-state index in [9.17, 15) is 0 Å². The molecule has 0 saturated heterocycles. The summed E-state index contributed by atoms with van der Waals surface area (Å²) in [4.78, 5) is 0. The minimum atomic E-state index is -1.49. The van der Waals surface area contributed by atoms with Crippen molar-refractivity contribution in [1.29, 1.82) is 0 Å². The molecule has 0 radical (unpaired) electrons. The van der Waals surface area contributed by atoms with Gasteiger partial charge in [0.2, 0.25) is 0 Å². The second-order valence-corrected chi connectivity index (χ2v) is 3.84. The van der Waals surface area contributed by atoms with Gasteiger partial charge in [-0.1, -0.05) is 6.07 Å². The Bertz CT molecular complexity index is 452. The van der Waals surface area contributed by atoms with Crippen LogP contribution in [0.2, 0.25) is 0 Å². The van der Waals surface area contributed by atoms with Gasteiger partial charge in [0.05, 0.1) is 7.11 Å². The van der Waals surface area contributed by atoms with Gasteiger partial charge in [0.25, 0.3) is 0 Å². The Balaban J connectivity index is 2.72. The molecule has 0 aliphatic rings. The third kappa shape index (κ3) is 1.39. The van der Waals surface area contributed by atoms with Gasteiger partial charge in [0.1, 0.15) is 5.75 Å². The standard InChI is InChI=1S/C9H9BO3S/c1-13-9-6-4-5-14-8(6)3-2-7(9)10(11)12/h2-5,11-12H,1H3. The number of fused-ring (bicyclic) bond motifs is 1. The van der Waals surface area contributed by atoms with E-state index in [2.05, 4.69) is 0 Å². The number of rotatable bonds is 2. The summed E-state index contributed by atoms with van der Waals surface area (Å²) in [7, 11) is 0.0347. The maximum absolute atomic E-state index is 9.11. The fourth-order valence-corrected chi connectivity index (χ4v) is 2.25. The summed E-state index contributed by atoms with van der Waals surface area (Å²) in [5.74, 6) is 0.541. The van der Waals surface area contributed by atoms with Gasteiger partial charge in [-0.25, -0.2) is 0 Å². The first kappa shape index (κ1) is 9.52. The first-order chi connectivity index (χ1) is 6.74. The van der Waals surface area contributed by atoms with Crippen molar-refractivity contribution < 1.29 is 14.8 Å². The molecular formula is C9H9BO3S. The van der Waals surface area contributed by atoms with Crippen molar-refractivity contribution in [2.24, 2.45) is 0 Å². The van der Waals surface area contributed by atoms with Crippen LogP contribution in [0.3, 0.4) is 0 Å². The van der Waals surface area contributed by atoms with Crippen molar-refractivity contribution in [1.82, 2.24) is 0 Å². The van der Waals surface area contributed by atoms with E-state index in [1.165, 1.54) is 7.11 Å². The van der Waals surface area contributed by atoms with Gasteiger partial charge in [0, 0.05) is 15.5 Å². The summed E-state index contributed by atoms with van der Waals surface area (Å²) >= 11 is 1.59. The largest absolute Gasteiger partial charge is 0.496 e. The predicted octanol–water partition coefficient (Wildman–Crippen LogP) is 0.590. The summed E-state index contributed by atoms with van der Waals surface area (Å²) in [6.07, 6.45) is 0. The molecule has 1 aromatic carbocycles. The lowest BCUT2D eigenvalue weighted by Crippen LogP contribution is -2.31. The lowest BCUT2D eigenvalue weighted by atomic mass is 9.79. The van der Waals surface area contributed by atoms with Crippen LogP contribution in [0.4, 0.5) is 0 Å². The molecule has 2 rings (SSSR count). The van der Waals surface area contributed by atoms with Crippen molar-refractivity contribution in [3.05, 3.63) is 23.6 Å². The molecule has 0 fully saturated rings. The fourth-order valence-electron chi connectivity index (χ4n) is 1.47. The van der Waals surface area contributed by atoms with Crippen molar-refractivity contribution >= 4 is 34.0 Å². The number of methoxy groups -OCH3 is 1. The molecule has 0 saturated carbocycles. The Kier molecular flexibility index (Phi) is 2.45. The zero-order chi connectivity index (χ0) is 10.1. The van der Waals surface area contributed by atoms with Crippen molar-refractivity contribution in [2.45, 2.75) is 0 Å². The van der Waals surface area contributed by atoms with Gasteiger partial charge in [0.15, 0.2) is 0 Å². The summed E-state index contributed by atoms with van der Waals surface area (Å²) < 4.78 is 6.24. The highest BCUT2D eigenvalue weighted by molar-refractivity contribution is 7.17. The van der Waals surface area contributed by atoms with Crippen LogP contribution in [-0.4, -0.2) is 24.3 Å². The highest BCUT2D eigenvalue weighted by atomic mass is 32.1. The highest BCUT2D eigenvalue weighted by Crippen LogP contribution is 2.28. The first-order valence-corrected chi connectivity index (χ1v) is 5.02. The van der Waals surface area contributed by atoms with E-state index in [1.54, 1.807) is 17.4 Å². The van der Waals surface area contributed by atoms with Crippen LogP contribution in [0.15, 0.2) is 23.6 Å². The van der Waals surface area contributed by atoms with Crippen LogP contribution < -0.4 is 10.2 Å². The lowest BCUT2D eigenvalue weighted by molar-refractivity contribution is 0.406. The number of benzene rings is 1. The monoisotopic (exact) mass is 208 g/mol. The molecule has 1 heterocycles.